The summed E-state index contributed by atoms with van der Waals surface area (Å²) in [5.74, 6) is -0.0849. The minimum atomic E-state index is -3.08. The Hall–Kier alpha value is -2.08. The fourth-order valence-electron chi connectivity index (χ4n) is 2.68. The quantitative estimate of drug-likeness (QED) is 0.934. The Balaban J connectivity index is 1.81. The van der Waals surface area contributed by atoms with Gasteiger partial charge in [-0.3, -0.25) is 4.79 Å². The number of rotatable bonds is 4. The molecule has 1 saturated heterocycles. The standard InChI is InChI=1S/C16H17NO4S/c18-16(13-8-10-22(19,20)11-13)17-15(14-7-4-9-21-14)12-5-2-1-3-6-12/h1-7,9,13,15H,8,10-11H2,(H,17,18). The van der Waals surface area contributed by atoms with Crippen LogP contribution >= 0.6 is 0 Å². The van der Waals surface area contributed by atoms with E-state index in [0.717, 1.165) is 5.56 Å². The van der Waals surface area contributed by atoms with Crippen LogP contribution in [0.25, 0.3) is 0 Å². The number of carbonyl (C=O) groups is 1. The van der Waals surface area contributed by atoms with E-state index in [1.54, 1.807) is 18.4 Å². The molecule has 1 N–H and O–H groups in total. The molecule has 1 amide bonds. The Labute approximate surface area is 129 Å². The molecule has 0 saturated carbocycles. The highest BCUT2D eigenvalue weighted by Gasteiger charge is 2.34. The molecule has 1 fully saturated rings. The molecule has 2 atom stereocenters. The molecule has 1 aliphatic rings. The molecule has 0 bridgehead atoms. The molecule has 2 aromatic rings. The van der Waals surface area contributed by atoms with Crippen LogP contribution in [0.15, 0.2) is 53.1 Å². The van der Waals surface area contributed by atoms with Gasteiger partial charge in [0.15, 0.2) is 9.84 Å². The lowest BCUT2D eigenvalue weighted by Crippen LogP contribution is -2.35. The Kier molecular flexibility index (Phi) is 4.02. The third kappa shape index (κ3) is 3.22. The van der Waals surface area contributed by atoms with Gasteiger partial charge in [-0.2, -0.15) is 0 Å². The highest BCUT2D eigenvalue weighted by Crippen LogP contribution is 2.25. The maximum absolute atomic E-state index is 12.4. The summed E-state index contributed by atoms with van der Waals surface area (Å²) in [6, 6.07) is 12.6. The summed E-state index contributed by atoms with van der Waals surface area (Å²) in [7, 11) is -3.08. The van der Waals surface area contributed by atoms with Gasteiger partial charge in [-0.25, -0.2) is 8.42 Å². The van der Waals surface area contributed by atoms with E-state index in [0.29, 0.717) is 12.2 Å². The second-order valence-corrected chi connectivity index (χ2v) is 7.70. The molecule has 1 aromatic carbocycles. The van der Waals surface area contributed by atoms with Crippen LogP contribution in [0, 0.1) is 5.92 Å². The van der Waals surface area contributed by atoms with E-state index in [1.165, 1.54) is 0 Å². The lowest BCUT2D eigenvalue weighted by atomic mass is 10.0. The zero-order chi connectivity index (χ0) is 15.6. The van der Waals surface area contributed by atoms with E-state index < -0.39 is 21.8 Å². The summed E-state index contributed by atoms with van der Waals surface area (Å²) >= 11 is 0. The first-order valence-corrected chi connectivity index (χ1v) is 8.96. The summed E-state index contributed by atoms with van der Waals surface area (Å²) in [5.41, 5.74) is 0.895. The molecule has 2 heterocycles. The van der Waals surface area contributed by atoms with Gasteiger partial charge < -0.3 is 9.73 Å². The molecule has 0 radical (unpaired) electrons. The summed E-state index contributed by atoms with van der Waals surface area (Å²) < 4.78 is 28.5. The SMILES string of the molecule is O=C(NC(c1ccccc1)c1ccco1)C1CCS(=O)(=O)C1. The van der Waals surface area contributed by atoms with Crippen molar-refractivity contribution in [1.29, 1.82) is 0 Å². The average molecular weight is 319 g/mol. The number of sulfone groups is 1. The van der Waals surface area contributed by atoms with Gasteiger partial charge in [0, 0.05) is 0 Å². The van der Waals surface area contributed by atoms with Gasteiger partial charge in [0.2, 0.25) is 5.91 Å². The van der Waals surface area contributed by atoms with E-state index in [-0.39, 0.29) is 17.4 Å². The first-order valence-electron chi connectivity index (χ1n) is 7.14. The van der Waals surface area contributed by atoms with Gasteiger partial charge in [0.1, 0.15) is 11.8 Å². The Morgan fingerprint density at radius 3 is 2.55 bits per heavy atom. The molecule has 0 spiro atoms. The minimum Gasteiger partial charge on any atom is -0.467 e. The average Bonchev–Trinajstić information content (AvgIpc) is 3.15. The van der Waals surface area contributed by atoms with E-state index in [9.17, 15) is 13.2 Å². The molecule has 6 heteroatoms. The smallest absolute Gasteiger partial charge is 0.225 e. The molecule has 0 aliphatic carbocycles. The van der Waals surface area contributed by atoms with E-state index in [4.69, 9.17) is 4.42 Å². The summed E-state index contributed by atoms with van der Waals surface area (Å²) in [4.78, 5) is 12.4. The van der Waals surface area contributed by atoms with Crippen LogP contribution in [-0.4, -0.2) is 25.8 Å². The first kappa shape index (κ1) is 14.8. The first-order chi connectivity index (χ1) is 10.6. The van der Waals surface area contributed by atoms with Crippen LogP contribution in [-0.2, 0) is 14.6 Å². The number of amides is 1. The molecular formula is C16H17NO4S. The topological polar surface area (TPSA) is 76.4 Å². The maximum Gasteiger partial charge on any atom is 0.225 e. The molecule has 3 rings (SSSR count). The lowest BCUT2D eigenvalue weighted by molar-refractivity contribution is -0.124. The highest BCUT2D eigenvalue weighted by atomic mass is 32.2. The van der Waals surface area contributed by atoms with Gasteiger partial charge >= 0.3 is 0 Å². The molecule has 116 valence electrons. The van der Waals surface area contributed by atoms with Gasteiger partial charge in [-0.05, 0) is 24.1 Å². The fourth-order valence-corrected chi connectivity index (χ4v) is 4.42. The third-order valence-electron chi connectivity index (χ3n) is 3.85. The van der Waals surface area contributed by atoms with Crippen molar-refractivity contribution in [3.8, 4) is 0 Å². The van der Waals surface area contributed by atoms with Crippen molar-refractivity contribution < 1.29 is 17.6 Å². The van der Waals surface area contributed by atoms with Crippen molar-refractivity contribution in [3.05, 3.63) is 60.1 Å². The van der Waals surface area contributed by atoms with Crippen molar-refractivity contribution in [2.75, 3.05) is 11.5 Å². The van der Waals surface area contributed by atoms with E-state index in [2.05, 4.69) is 5.32 Å². The summed E-state index contributed by atoms with van der Waals surface area (Å²) in [6.07, 6.45) is 1.94. The number of hydrogen-bond donors (Lipinski definition) is 1. The van der Waals surface area contributed by atoms with Gasteiger partial charge in [-0.1, -0.05) is 30.3 Å². The summed E-state index contributed by atoms with van der Waals surface area (Å²) in [6.45, 7) is 0. The predicted molar refractivity (Wildman–Crippen MR) is 81.9 cm³/mol. The highest BCUT2D eigenvalue weighted by molar-refractivity contribution is 7.91. The van der Waals surface area contributed by atoms with Crippen LogP contribution in [0.4, 0.5) is 0 Å². The van der Waals surface area contributed by atoms with Crippen LogP contribution < -0.4 is 5.32 Å². The number of furan rings is 1. The molecular weight excluding hydrogens is 302 g/mol. The number of benzene rings is 1. The Morgan fingerprint density at radius 1 is 1.18 bits per heavy atom. The van der Waals surface area contributed by atoms with Crippen LogP contribution in [0.2, 0.25) is 0 Å². The van der Waals surface area contributed by atoms with E-state index >= 15 is 0 Å². The van der Waals surface area contributed by atoms with Crippen molar-refractivity contribution in [1.82, 2.24) is 5.32 Å². The molecule has 1 aliphatic heterocycles. The van der Waals surface area contributed by atoms with Gasteiger partial charge in [0.05, 0.1) is 23.7 Å². The van der Waals surface area contributed by atoms with E-state index in [1.807, 2.05) is 30.3 Å². The van der Waals surface area contributed by atoms with Crippen molar-refractivity contribution >= 4 is 15.7 Å². The zero-order valence-corrected chi connectivity index (χ0v) is 12.8. The minimum absolute atomic E-state index is 0.0709. The normalized spacial score (nSPS) is 21.4. The Morgan fingerprint density at radius 2 is 1.95 bits per heavy atom. The number of carbonyl (C=O) groups excluding carboxylic acids is 1. The number of nitrogens with one attached hydrogen (secondary N) is 1. The van der Waals surface area contributed by atoms with Crippen molar-refractivity contribution in [2.45, 2.75) is 12.5 Å². The monoisotopic (exact) mass is 319 g/mol. The molecule has 22 heavy (non-hydrogen) atoms. The van der Waals surface area contributed by atoms with Gasteiger partial charge in [-0.15, -0.1) is 0 Å². The van der Waals surface area contributed by atoms with Crippen LogP contribution in [0.3, 0.4) is 0 Å². The number of hydrogen-bond acceptors (Lipinski definition) is 4. The van der Waals surface area contributed by atoms with Crippen LogP contribution in [0.5, 0.6) is 0 Å². The Bertz CT molecular complexity index is 738. The van der Waals surface area contributed by atoms with Crippen molar-refractivity contribution in [2.24, 2.45) is 5.92 Å². The predicted octanol–water partition coefficient (Wildman–Crippen LogP) is 1.92. The van der Waals surface area contributed by atoms with Crippen LogP contribution in [0.1, 0.15) is 23.8 Å². The molecule has 1 aromatic heterocycles. The maximum atomic E-state index is 12.4. The fraction of sp³-hybridized carbons (Fsp3) is 0.312. The molecule has 2 unspecified atom stereocenters. The lowest BCUT2D eigenvalue weighted by Gasteiger charge is -2.19. The van der Waals surface area contributed by atoms with Crippen molar-refractivity contribution in [3.63, 3.8) is 0 Å². The second kappa shape index (κ2) is 5.96. The largest absolute Gasteiger partial charge is 0.467 e. The molecule has 5 nitrogen and oxygen atoms in total. The second-order valence-electron chi connectivity index (χ2n) is 5.47. The zero-order valence-electron chi connectivity index (χ0n) is 11.9. The van der Waals surface area contributed by atoms with Gasteiger partial charge in [0.25, 0.3) is 0 Å². The summed E-state index contributed by atoms with van der Waals surface area (Å²) in [5, 5.41) is 2.92. The third-order valence-corrected chi connectivity index (χ3v) is 5.62.